The third kappa shape index (κ3) is 4.80. The zero-order valence-electron chi connectivity index (χ0n) is 14.6. The molecule has 136 valence electrons. The van der Waals surface area contributed by atoms with Crippen molar-refractivity contribution >= 4 is 11.8 Å². The summed E-state index contributed by atoms with van der Waals surface area (Å²) in [5.74, 6) is 0.317. The Morgan fingerprint density at radius 2 is 1.80 bits per heavy atom. The topological polar surface area (TPSA) is 67.9 Å². The molecular formula is C19H26N2O4. The lowest BCUT2D eigenvalue weighted by Gasteiger charge is -2.34. The smallest absolute Gasteiger partial charge is 0.224 e. The first-order chi connectivity index (χ1) is 12.1. The number of nitrogens with one attached hydrogen (secondary N) is 1. The molecule has 1 aromatic carbocycles. The number of likely N-dealkylation sites (tertiary alicyclic amines) is 1. The van der Waals surface area contributed by atoms with Gasteiger partial charge in [0.25, 0.3) is 0 Å². The van der Waals surface area contributed by atoms with Crippen LogP contribution in [-0.4, -0.2) is 49.3 Å². The molecule has 0 spiro atoms. The number of hydrogen-bond acceptors (Lipinski definition) is 4. The van der Waals surface area contributed by atoms with Gasteiger partial charge < -0.3 is 19.7 Å². The number of carbonyl (C=O) groups is 2. The molecule has 0 aliphatic carbocycles. The highest BCUT2D eigenvalue weighted by atomic mass is 16.7. The summed E-state index contributed by atoms with van der Waals surface area (Å²) in [6.07, 6.45) is 1.97. The summed E-state index contributed by atoms with van der Waals surface area (Å²) in [4.78, 5) is 26.1. The van der Waals surface area contributed by atoms with Gasteiger partial charge in [0, 0.05) is 25.9 Å². The lowest BCUT2D eigenvalue weighted by molar-refractivity contribution is -0.137. The Morgan fingerprint density at radius 1 is 1.16 bits per heavy atom. The minimum atomic E-state index is -0.287. The molecule has 1 N–H and O–H groups in total. The van der Waals surface area contributed by atoms with Crippen molar-refractivity contribution in [3.05, 3.63) is 35.9 Å². The van der Waals surface area contributed by atoms with Crippen molar-refractivity contribution in [3.63, 3.8) is 0 Å². The van der Waals surface area contributed by atoms with Gasteiger partial charge in [0.1, 0.15) is 0 Å². The number of amides is 2. The van der Waals surface area contributed by atoms with Crippen molar-refractivity contribution in [3.8, 4) is 0 Å². The molecule has 3 rings (SSSR count). The highest BCUT2D eigenvalue weighted by molar-refractivity contribution is 5.79. The number of ether oxygens (including phenoxy) is 2. The van der Waals surface area contributed by atoms with E-state index >= 15 is 0 Å². The largest absolute Gasteiger partial charge is 0.350 e. The van der Waals surface area contributed by atoms with Crippen LogP contribution in [0.3, 0.4) is 0 Å². The van der Waals surface area contributed by atoms with E-state index < -0.39 is 0 Å². The molecule has 6 nitrogen and oxygen atoms in total. The van der Waals surface area contributed by atoms with E-state index in [4.69, 9.17) is 9.47 Å². The summed E-state index contributed by atoms with van der Waals surface area (Å²) in [6.45, 7) is 4.24. The van der Waals surface area contributed by atoms with E-state index in [9.17, 15) is 9.59 Å². The van der Waals surface area contributed by atoms with Crippen LogP contribution in [0.5, 0.6) is 0 Å². The first kappa shape index (κ1) is 17.9. The van der Waals surface area contributed by atoms with E-state index in [1.54, 1.807) is 0 Å². The second-order valence-electron chi connectivity index (χ2n) is 6.70. The van der Waals surface area contributed by atoms with Crippen molar-refractivity contribution in [1.29, 1.82) is 0 Å². The Hall–Kier alpha value is -1.92. The fourth-order valence-electron chi connectivity index (χ4n) is 3.56. The number of piperidine rings is 1. The molecule has 2 saturated heterocycles. The van der Waals surface area contributed by atoms with Crippen LogP contribution in [0.2, 0.25) is 0 Å². The quantitative estimate of drug-likeness (QED) is 0.884. The van der Waals surface area contributed by atoms with Crippen LogP contribution in [-0.2, 0) is 19.1 Å². The van der Waals surface area contributed by atoms with Gasteiger partial charge in [-0.1, -0.05) is 30.3 Å². The molecule has 1 unspecified atom stereocenters. The summed E-state index contributed by atoms with van der Waals surface area (Å²) in [6, 6.07) is 9.35. The second kappa shape index (κ2) is 8.45. The van der Waals surface area contributed by atoms with Gasteiger partial charge >= 0.3 is 0 Å². The molecule has 2 fully saturated rings. The number of hydrogen-bond donors (Lipinski definition) is 1. The van der Waals surface area contributed by atoms with Gasteiger partial charge in [-0.05, 0) is 18.4 Å². The number of nitrogens with zero attached hydrogens (tertiary/aromatic N) is 1. The Morgan fingerprint density at radius 3 is 2.40 bits per heavy atom. The SMILES string of the molecule is CC(=O)NC(CC(=O)N1CCC(C2OCCO2)CC1)c1ccccc1. The molecular weight excluding hydrogens is 320 g/mol. The number of rotatable bonds is 5. The van der Waals surface area contributed by atoms with Gasteiger partial charge in [-0.15, -0.1) is 0 Å². The third-order valence-electron chi connectivity index (χ3n) is 4.88. The lowest BCUT2D eigenvalue weighted by Crippen LogP contribution is -2.43. The molecule has 0 aromatic heterocycles. The Labute approximate surface area is 148 Å². The van der Waals surface area contributed by atoms with E-state index in [1.165, 1.54) is 6.92 Å². The molecule has 2 amide bonds. The van der Waals surface area contributed by atoms with E-state index in [1.807, 2.05) is 35.2 Å². The lowest BCUT2D eigenvalue weighted by atomic mass is 9.95. The second-order valence-corrected chi connectivity index (χ2v) is 6.70. The molecule has 0 radical (unpaired) electrons. The predicted octanol–water partition coefficient (Wildman–Crippen LogP) is 1.87. The van der Waals surface area contributed by atoms with Gasteiger partial charge in [0.15, 0.2) is 6.29 Å². The van der Waals surface area contributed by atoms with Crippen LogP contribution >= 0.6 is 0 Å². The zero-order chi connectivity index (χ0) is 17.6. The Bertz CT molecular complexity index is 578. The standard InChI is InChI=1S/C19H26N2O4/c1-14(22)20-17(15-5-3-2-4-6-15)13-18(23)21-9-7-16(8-10-21)19-24-11-12-25-19/h2-6,16-17,19H,7-13H2,1H3,(H,20,22). The average molecular weight is 346 g/mol. The van der Waals surface area contributed by atoms with Crippen molar-refractivity contribution < 1.29 is 19.1 Å². The summed E-state index contributed by atoms with van der Waals surface area (Å²) >= 11 is 0. The predicted molar refractivity (Wildman–Crippen MR) is 92.6 cm³/mol. The van der Waals surface area contributed by atoms with Gasteiger partial charge in [0.2, 0.25) is 11.8 Å². The normalized spacial score (nSPS) is 20.4. The third-order valence-corrected chi connectivity index (χ3v) is 4.88. The average Bonchev–Trinajstić information content (AvgIpc) is 3.16. The highest BCUT2D eigenvalue weighted by Gasteiger charge is 2.32. The van der Waals surface area contributed by atoms with Crippen LogP contribution < -0.4 is 5.32 Å². The van der Waals surface area contributed by atoms with Crippen molar-refractivity contribution in [2.45, 2.75) is 38.5 Å². The fraction of sp³-hybridized carbons (Fsp3) is 0.579. The van der Waals surface area contributed by atoms with Crippen molar-refractivity contribution in [2.75, 3.05) is 26.3 Å². The first-order valence-corrected chi connectivity index (χ1v) is 8.96. The van der Waals surface area contributed by atoms with Crippen LogP contribution in [0, 0.1) is 5.92 Å². The molecule has 25 heavy (non-hydrogen) atoms. The Balaban J connectivity index is 1.55. The minimum Gasteiger partial charge on any atom is -0.350 e. The van der Waals surface area contributed by atoms with Crippen molar-refractivity contribution in [1.82, 2.24) is 10.2 Å². The molecule has 2 heterocycles. The molecule has 6 heteroatoms. The molecule has 2 aliphatic heterocycles. The zero-order valence-corrected chi connectivity index (χ0v) is 14.6. The van der Waals surface area contributed by atoms with Gasteiger partial charge in [0.05, 0.1) is 25.7 Å². The number of benzene rings is 1. The van der Waals surface area contributed by atoms with E-state index in [-0.39, 0.29) is 30.6 Å². The first-order valence-electron chi connectivity index (χ1n) is 8.96. The fourth-order valence-corrected chi connectivity index (χ4v) is 3.56. The summed E-state index contributed by atoms with van der Waals surface area (Å²) in [7, 11) is 0. The molecule has 0 bridgehead atoms. The number of carbonyl (C=O) groups excluding carboxylic acids is 2. The summed E-state index contributed by atoms with van der Waals surface area (Å²) in [5, 5.41) is 2.89. The minimum absolute atomic E-state index is 0.0781. The Kier molecular flexibility index (Phi) is 6.04. The van der Waals surface area contributed by atoms with Crippen LogP contribution in [0.4, 0.5) is 0 Å². The van der Waals surface area contributed by atoms with Gasteiger partial charge in [-0.3, -0.25) is 9.59 Å². The molecule has 0 saturated carbocycles. The van der Waals surface area contributed by atoms with Crippen LogP contribution in [0.25, 0.3) is 0 Å². The van der Waals surface area contributed by atoms with Crippen LogP contribution in [0.15, 0.2) is 30.3 Å². The van der Waals surface area contributed by atoms with Gasteiger partial charge in [-0.2, -0.15) is 0 Å². The molecule has 1 atom stereocenters. The molecule has 2 aliphatic rings. The van der Waals surface area contributed by atoms with E-state index in [0.717, 1.165) is 18.4 Å². The maximum absolute atomic E-state index is 12.7. The highest BCUT2D eigenvalue weighted by Crippen LogP contribution is 2.27. The van der Waals surface area contributed by atoms with Gasteiger partial charge in [-0.25, -0.2) is 0 Å². The summed E-state index contributed by atoms with van der Waals surface area (Å²) < 4.78 is 11.2. The van der Waals surface area contributed by atoms with E-state index in [0.29, 0.717) is 32.2 Å². The molecule has 1 aromatic rings. The van der Waals surface area contributed by atoms with Crippen molar-refractivity contribution in [2.24, 2.45) is 5.92 Å². The maximum atomic E-state index is 12.7. The maximum Gasteiger partial charge on any atom is 0.224 e. The van der Waals surface area contributed by atoms with Crippen LogP contribution in [0.1, 0.15) is 37.8 Å². The monoisotopic (exact) mass is 346 g/mol. The van der Waals surface area contributed by atoms with E-state index in [2.05, 4.69) is 5.32 Å². The summed E-state index contributed by atoms with van der Waals surface area (Å²) in [5.41, 5.74) is 0.952.